The molecular weight excluding hydrogens is 256 g/mol. The maximum Gasteiger partial charge on any atom is 0.185 e. The molecule has 1 aromatic heterocycles. The lowest BCUT2D eigenvalue weighted by molar-refractivity contribution is 0.340. The van der Waals surface area contributed by atoms with Crippen molar-refractivity contribution in [2.24, 2.45) is 0 Å². The summed E-state index contributed by atoms with van der Waals surface area (Å²) >= 11 is 1.70. The Kier molecular flexibility index (Phi) is 4.80. The molecular formula is C15H20N2OS. The molecule has 3 nitrogen and oxygen atoms in total. The molecule has 0 saturated heterocycles. The molecule has 102 valence electrons. The van der Waals surface area contributed by atoms with Crippen LogP contribution in [0, 0.1) is 0 Å². The summed E-state index contributed by atoms with van der Waals surface area (Å²) in [4.78, 5) is 6.97. The van der Waals surface area contributed by atoms with Gasteiger partial charge in [-0.25, -0.2) is 4.98 Å². The van der Waals surface area contributed by atoms with Gasteiger partial charge in [0.15, 0.2) is 5.13 Å². The highest BCUT2D eigenvalue weighted by Gasteiger charge is 2.09. The molecule has 4 heteroatoms. The number of hydrogen-bond acceptors (Lipinski definition) is 4. The summed E-state index contributed by atoms with van der Waals surface area (Å²) in [6, 6.07) is 8.11. The summed E-state index contributed by atoms with van der Waals surface area (Å²) in [7, 11) is 0. The standard InChI is InChI=1S/C15H20N2OS/c1-4-17(5-2)15-16-14(11-19-15)12-7-9-13(10-8-12)18-6-3/h7-11H,4-6H2,1-3H3. The van der Waals surface area contributed by atoms with Gasteiger partial charge in [0.05, 0.1) is 12.3 Å². The fourth-order valence-corrected chi connectivity index (χ4v) is 2.89. The van der Waals surface area contributed by atoms with Crippen LogP contribution in [0.25, 0.3) is 11.3 Å². The predicted molar refractivity (Wildman–Crippen MR) is 82.3 cm³/mol. The van der Waals surface area contributed by atoms with Crippen molar-refractivity contribution in [3.8, 4) is 17.0 Å². The zero-order chi connectivity index (χ0) is 13.7. The number of anilines is 1. The van der Waals surface area contributed by atoms with E-state index in [1.807, 2.05) is 19.1 Å². The highest BCUT2D eigenvalue weighted by Crippen LogP contribution is 2.28. The molecule has 0 saturated carbocycles. The van der Waals surface area contributed by atoms with Gasteiger partial charge in [0.1, 0.15) is 5.75 Å². The first-order valence-corrected chi connectivity index (χ1v) is 7.60. The molecule has 0 bridgehead atoms. The average Bonchev–Trinajstić information content (AvgIpc) is 2.91. The maximum absolute atomic E-state index is 5.45. The number of ether oxygens (including phenoxy) is 1. The Bertz CT molecular complexity index is 503. The van der Waals surface area contributed by atoms with Crippen molar-refractivity contribution < 1.29 is 4.74 Å². The number of thiazole rings is 1. The van der Waals surface area contributed by atoms with Crippen molar-refractivity contribution >= 4 is 16.5 Å². The number of nitrogens with zero attached hydrogens (tertiary/aromatic N) is 2. The zero-order valence-electron chi connectivity index (χ0n) is 11.7. The Hall–Kier alpha value is -1.55. The van der Waals surface area contributed by atoms with Crippen LogP contribution >= 0.6 is 11.3 Å². The lowest BCUT2D eigenvalue weighted by atomic mass is 10.2. The van der Waals surface area contributed by atoms with E-state index in [4.69, 9.17) is 9.72 Å². The van der Waals surface area contributed by atoms with Crippen molar-refractivity contribution in [2.75, 3.05) is 24.6 Å². The number of hydrogen-bond donors (Lipinski definition) is 0. The summed E-state index contributed by atoms with van der Waals surface area (Å²) in [5, 5.41) is 3.21. The van der Waals surface area contributed by atoms with Crippen molar-refractivity contribution in [3.05, 3.63) is 29.6 Å². The number of aromatic nitrogens is 1. The third-order valence-electron chi connectivity index (χ3n) is 2.99. The summed E-state index contributed by atoms with van der Waals surface area (Å²) < 4.78 is 5.45. The van der Waals surface area contributed by atoms with Gasteiger partial charge >= 0.3 is 0 Å². The Morgan fingerprint density at radius 3 is 2.37 bits per heavy atom. The quantitative estimate of drug-likeness (QED) is 0.795. The van der Waals surface area contributed by atoms with Gasteiger partial charge in [-0.05, 0) is 45.0 Å². The van der Waals surface area contributed by atoms with Crippen molar-refractivity contribution in [3.63, 3.8) is 0 Å². The van der Waals surface area contributed by atoms with Crippen LogP contribution < -0.4 is 9.64 Å². The summed E-state index contributed by atoms with van der Waals surface area (Å²) in [6.45, 7) is 8.98. The molecule has 2 aromatic rings. The van der Waals surface area contributed by atoms with Crippen LogP contribution in [0.4, 0.5) is 5.13 Å². The molecule has 0 aliphatic carbocycles. The second-order valence-electron chi connectivity index (χ2n) is 4.15. The first-order valence-electron chi connectivity index (χ1n) is 6.72. The van der Waals surface area contributed by atoms with Crippen LogP contribution in [0.1, 0.15) is 20.8 Å². The van der Waals surface area contributed by atoms with Crippen molar-refractivity contribution in [2.45, 2.75) is 20.8 Å². The summed E-state index contributed by atoms with van der Waals surface area (Å²) in [5.41, 5.74) is 2.17. The molecule has 0 unspecified atom stereocenters. The minimum absolute atomic E-state index is 0.697. The minimum Gasteiger partial charge on any atom is -0.494 e. The van der Waals surface area contributed by atoms with Gasteiger partial charge in [0.25, 0.3) is 0 Å². The molecule has 2 rings (SSSR count). The Balaban J connectivity index is 2.17. The number of benzene rings is 1. The highest BCUT2D eigenvalue weighted by atomic mass is 32.1. The van der Waals surface area contributed by atoms with Crippen molar-refractivity contribution in [1.29, 1.82) is 0 Å². The minimum atomic E-state index is 0.697. The average molecular weight is 276 g/mol. The van der Waals surface area contributed by atoms with Gasteiger partial charge < -0.3 is 9.64 Å². The fraction of sp³-hybridized carbons (Fsp3) is 0.400. The van der Waals surface area contributed by atoms with Crippen LogP contribution in [0.3, 0.4) is 0 Å². The van der Waals surface area contributed by atoms with E-state index >= 15 is 0 Å². The molecule has 1 heterocycles. The molecule has 19 heavy (non-hydrogen) atoms. The van der Waals surface area contributed by atoms with Crippen LogP contribution in [0.15, 0.2) is 29.6 Å². The number of rotatable bonds is 6. The highest BCUT2D eigenvalue weighted by molar-refractivity contribution is 7.14. The molecule has 0 radical (unpaired) electrons. The van der Waals surface area contributed by atoms with E-state index in [-0.39, 0.29) is 0 Å². The van der Waals surface area contributed by atoms with Crippen LogP contribution in [0.2, 0.25) is 0 Å². The molecule has 0 amide bonds. The van der Waals surface area contributed by atoms with Gasteiger partial charge in [-0.2, -0.15) is 0 Å². The zero-order valence-corrected chi connectivity index (χ0v) is 12.5. The van der Waals surface area contributed by atoms with Gasteiger partial charge in [-0.15, -0.1) is 11.3 Å². The Labute approximate surface area is 118 Å². The van der Waals surface area contributed by atoms with Gasteiger partial charge in [-0.1, -0.05) is 0 Å². The van der Waals surface area contributed by atoms with Crippen LogP contribution in [0.5, 0.6) is 5.75 Å². The SMILES string of the molecule is CCOc1ccc(-c2csc(N(CC)CC)n2)cc1. The third-order valence-corrected chi connectivity index (χ3v) is 3.89. The molecule has 1 aromatic carbocycles. The molecule has 0 fully saturated rings. The Morgan fingerprint density at radius 1 is 1.11 bits per heavy atom. The van der Waals surface area contributed by atoms with E-state index in [1.54, 1.807) is 11.3 Å². The van der Waals surface area contributed by atoms with Gasteiger partial charge in [0.2, 0.25) is 0 Å². The smallest absolute Gasteiger partial charge is 0.185 e. The van der Waals surface area contributed by atoms with Crippen LogP contribution in [-0.2, 0) is 0 Å². The first-order chi connectivity index (χ1) is 9.28. The lowest BCUT2D eigenvalue weighted by Gasteiger charge is -2.16. The first kappa shape index (κ1) is 13.9. The molecule has 0 aliphatic heterocycles. The third kappa shape index (κ3) is 3.26. The van der Waals surface area contributed by atoms with E-state index in [0.717, 1.165) is 35.2 Å². The fourth-order valence-electron chi connectivity index (χ4n) is 1.92. The largest absolute Gasteiger partial charge is 0.494 e. The van der Waals surface area contributed by atoms with Gasteiger partial charge in [0, 0.05) is 24.0 Å². The van der Waals surface area contributed by atoms with Crippen LogP contribution in [-0.4, -0.2) is 24.7 Å². The van der Waals surface area contributed by atoms with E-state index < -0.39 is 0 Å². The second-order valence-corrected chi connectivity index (χ2v) is 4.98. The topological polar surface area (TPSA) is 25.4 Å². The molecule has 0 atom stereocenters. The van der Waals surface area contributed by atoms with Gasteiger partial charge in [-0.3, -0.25) is 0 Å². The normalized spacial score (nSPS) is 10.5. The van der Waals surface area contributed by atoms with E-state index in [1.165, 1.54) is 0 Å². The molecule has 0 N–H and O–H groups in total. The molecule has 0 aliphatic rings. The molecule has 0 spiro atoms. The second kappa shape index (κ2) is 6.57. The summed E-state index contributed by atoms with van der Waals surface area (Å²) in [5.74, 6) is 0.908. The monoisotopic (exact) mass is 276 g/mol. The predicted octanol–water partition coefficient (Wildman–Crippen LogP) is 4.06. The van der Waals surface area contributed by atoms with E-state index in [2.05, 4.69) is 36.3 Å². The van der Waals surface area contributed by atoms with E-state index in [9.17, 15) is 0 Å². The lowest BCUT2D eigenvalue weighted by Crippen LogP contribution is -2.21. The summed E-state index contributed by atoms with van der Waals surface area (Å²) in [6.07, 6.45) is 0. The van der Waals surface area contributed by atoms with Crippen molar-refractivity contribution in [1.82, 2.24) is 4.98 Å². The maximum atomic E-state index is 5.45. The Morgan fingerprint density at radius 2 is 1.79 bits per heavy atom. The van der Waals surface area contributed by atoms with E-state index in [0.29, 0.717) is 6.61 Å².